The van der Waals surface area contributed by atoms with Crippen LogP contribution >= 0.6 is 0 Å². The normalized spacial score (nSPS) is 11.0. The molecule has 9 heteroatoms. The zero-order chi connectivity index (χ0) is 19.2. The lowest BCUT2D eigenvalue weighted by atomic mass is 10.1. The number of para-hydroxylation sites is 1. The number of rotatable bonds is 9. The number of benzene rings is 2. The Labute approximate surface area is 152 Å². The van der Waals surface area contributed by atoms with Gasteiger partial charge in [-0.15, -0.1) is 0 Å². The van der Waals surface area contributed by atoms with Crippen LogP contribution in [0, 0.1) is 0 Å². The predicted molar refractivity (Wildman–Crippen MR) is 100 cm³/mol. The molecule has 0 aromatic heterocycles. The van der Waals surface area contributed by atoms with E-state index in [0.29, 0.717) is 18.0 Å². The average Bonchev–Trinajstić information content (AvgIpc) is 2.57. The van der Waals surface area contributed by atoms with Crippen LogP contribution in [-0.2, 0) is 10.2 Å². The van der Waals surface area contributed by atoms with E-state index in [0.717, 1.165) is 18.9 Å². The molecule has 0 aliphatic carbocycles. The Morgan fingerprint density at radius 3 is 2.42 bits per heavy atom. The molecule has 0 atom stereocenters. The van der Waals surface area contributed by atoms with Crippen LogP contribution < -0.4 is 19.9 Å². The van der Waals surface area contributed by atoms with Crippen LogP contribution in [0.25, 0.3) is 0 Å². The van der Waals surface area contributed by atoms with Crippen LogP contribution in [0.3, 0.4) is 0 Å². The van der Waals surface area contributed by atoms with Gasteiger partial charge < -0.3 is 15.2 Å². The second-order valence-electron chi connectivity index (χ2n) is 5.55. The lowest BCUT2D eigenvalue weighted by Crippen LogP contribution is -2.22. The van der Waals surface area contributed by atoms with Crippen molar-refractivity contribution in [2.24, 2.45) is 5.14 Å². The highest BCUT2D eigenvalue weighted by atomic mass is 32.2. The second kappa shape index (κ2) is 8.54. The lowest BCUT2D eigenvalue weighted by Gasteiger charge is -2.18. The van der Waals surface area contributed by atoms with Gasteiger partial charge in [0, 0.05) is 6.54 Å². The van der Waals surface area contributed by atoms with E-state index in [1.807, 2.05) is 13.0 Å². The molecule has 0 unspecified atom stereocenters. The van der Waals surface area contributed by atoms with E-state index < -0.39 is 16.2 Å². The third-order valence-electron chi connectivity index (χ3n) is 3.40. The van der Waals surface area contributed by atoms with Crippen molar-refractivity contribution in [3.63, 3.8) is 0 Å². The molecule has 0 radical (unpaired) electrons. The number of anilines is 2. The quantitative estimate of drug-likeness (QED) is 0.495. The maximum absolute atomic E-state index is 11.5. The Morgan fingerprint density at radius 2 is 1.85 bits per heavy atom. The minimum absolute atomic E-state index is 0.0600. The van der Waals surface area contributed by atoms with E-state index in [-0.39, 0.29) is 17.0 Å². The van der Waals surface area contributed by atoms with Gasteiger partial charge in [-0.05, 0) is 30.7 Å². The van der Waals surface area contributed by atoms with Crippen LogP contribution in [0.5, 0.6) is 11.5 Å². The largest absolute Gasteiger partial charge is 0.478 e. The van der Waals surface area contributed by atoms with E-state index in [4.69, 9.17) is 9.88 Å². The fourth-order valence-corrected chi connectivity index (χ4v) is 2.69. The first kappa shape index (κ1) is 19.5. The molecule has 0 aliphatic heterocycles. The molecular weight excluding hydrogens is 358 g/mol. The molecule has 0 fully saturated rings. The van der Waals surface area contributed by atoms with Crippen molar-refractivity contribution < 1.29 is 23.1 Å². The highest BCUT2D eigenvalue weighted by molar-refractivity contribution is 7.90. The zero-order valence-electron chi connectivity index (χ0n) is 14.2. The summed E-state index contributed by atoms with van der Waals surface area (Å²) >= 11 is 0. The second-order valence-corrected chi connectivity index (χ2v) is 6.84. The number of hydrogen-bond acceptors (Lipinski definition) is 5. The summed E-state index contributed by atoms with van der Waals surface area (Å²) in [5, 5.41) is 17.5. The smallest absolute Gasteiger partial charge is 0.335 e. The van der Waals surface area contributed by atoms with Crippen LogP contribution in [0.2, 0.25) is 0 Å². The summed E-state index contributed by atoms with van der Waals surface area (Å²) in [4.78, 5) is 11.4. The molecule has 0 saturated carbocycles. The average molecular weight is 379 g/mol. The van der Waals surface area contributed by atoms with Gasteiger partial charge in [-0.3, -0.25) is 4.72 Å². The molecule has 0 amide bonds. The summed E-state index contributed by atoms with van der Waals surface area (Å²) in [6, 6.07) is 11.3. The van der Waals surface area contributed by atoms with E-state index in [1.54, 1.807) is 24.3 Å². The zero-order valence-corrected chi connectivity index (χ0v) is 15.0. The minimum atomic E-state index is -4.13. The van der Waals surface area contributed by atoms with Gasteiger partial charge in [-0.2, -0.15) is 8.42 Å². The van der Waals surface area contributed by atoms with Crippen molar-refractivity contribution in [2.45, 2.75) is 19.8 Å². The number of aromatic carboxylic acids is 1. The van der Waals surface area contributed by atoms with Crippen LogP contribution in [0.15, 0.2) is 42.5 Å². The Kier molecular flexibility index (Phi) is 6.42. The summed E-state index contributed by atoms with van der Waals surface area (Å²) in [6.45, 7) is 2.59. The molecule has 2 aromatic carbocycles. The number of carboxylic acids is 1. The van der Waals surface area contributed by atoms with Gasteiger partial charge in [-0.1, -0.05) is 31.5 Å². The molecule has 2 aromatic rings. The molecule has 8 nitrogen and oxygen atoms in total. The summed E-state index contributed by atoms with van der Waals surface area (Å²) in [6.07, 6.45) is 1.78. The van der Waals surface area contributed by atoms with E-state index >= 15 is 0 Å². The molecule has 0 heterocycles. The summed E-state index contributed by atoms with van der Waals surface area (Å²) in [7, 11) is -4.13. The van der Waals surface area contributed by atoms with Crippen molar-refractivity contribution in [1.82, 2.24) is 0 Å². The number of nitrogens with one attached hydrogen (secondary N) is 2. The number of ether oxygens (including phenoxy) is 1. The third-order valence-corrected chi connectivity index (χ3v) is 3.90. The first-order valence-electron chi connectivity index (χ1n) is 7.99. The maximum Gasteiger partial charge on any atom is 0.335 e. The van der Waals surface area contributed by atoms with Gasteiger partial charge in [0.05, 0.1) is 16.9 Å². The number of carboxylic acid groups (broad SMARTS) is 1. The highest BCUT2D eigenvalue weighted by Gasteiger charge is 2.19. The van der Waals surface area contributed by atoms with E-state index in [2.05, 4.69) is 10.0 Å². The fraction of sp³-hybridized carbons (Fsp3) is 0.235. The maximum atomic E-state index is 11.5. The summed E-state index contributed by atoms with van der Waals surface area (Å²) in [5.74, 6) is -0.592. The van der Waals surface area contributed by atoms with Crippen molar-refractivity contribution in [1.29, 1.82) is 0 Å². The molecule has 5 N–H and O–H groups in total. The molecule has 0 aliphatic rings. The monoisotopic (exact) mass is 379 g/mol. The third kappa shape index (κ3) is 5.64. The predicted octanol–water partition coefficient (Wildman–Crippen LogP) is 3.00. The standard InChI is InChI=1S/C17H21N3O5S/c1-2-3-9-19-14-10-12(17(21)22)11-15(20-26(18,23)24)16(14)25-13-7-5-4-6-8-13/h4-8,10-11,19-20H,2-3,9H2,1H3,(H,21,22)(H2,18,23,24). The Morgan fingerprint density at radius 1 is 1.19 bits per heavy atom. The molecule has 0 spiro atoms. The van der Waals surface area contributed by atoms with Crippen molar-refractivity contribution in [3.05, 3.63) is 48.0 Å². The fourth-order valence-electron chi connectivity index (χ4n) is 2.23. The Balaban J connectivity index is 2.54. The molecule has 0 bridgehead atoms. The SMILES string of the molecule is CCCCNc1cc(C(=O)O)cc(NS(N)(=O)=O)c1Oc1ccccc1. The topological polar surface area (TPSA) is 131 Å². The van der Waals surface area contributed by atoms with Gasteiger partial charge in [0.1, 0.15) is 5.75 Å². The molecule has 140 valence electrons. The van der Waals surface area contributed by atoms with Crippen LogP contribution in [-0.4, -0.2) is 26.0 Å². The Hall–Kier alpha value is -2.78. The van der Waals surface area contributed by atoms with Gasteiger partial charge in [0.25, 0.3) is 10.2 Å². The molecule has 2 rings (SSSR count). The lowest BCUT2D eigenvalue weighted by molar-refractivity contribution is 0.0697. The first-order chi connectivity index (χ1) is 12.3. The minimum Gasteiger partial charge on any atom is -0.478 e. The van der Waals surface area contributed by atoms with Gasteiger partial charge in [0.15, 0.2) is 5.75 Å². The highest BCUT2D eigenvalue weighted by Crippen LogP contribution is 2.38. The van der Waals surface area contributed by atoms with Crippen molar-refractivity contribution in [2.75, 3.05) is 16.6 Å². The van der Waals surface area contributed by atoms with Crippen molar-refractivity contribution >= 4 is 27.6 Å². The summed E-state index contributed by atoms with van der Waals surface area (Å²) < 4.78 is 30.9. The number of hydrogen-bond donors (Lipinski definition) is 4. The molecule has 0 saturated heterocycles. The number of nitrogens with two attached hydrogens (primary N) is 1. The molecule has 26 heavy (non-hydrogen) atoms. The van der Waals surface area contributed by atoms with Crippen LogP contribution in [0.1, 0.15) is 30.1 Å². The van der Waals surface area contributed by atoms with Gasteiger partial charge in [-0.25, -0.2) is 9.93 Å². The molecular formula is C17H21N3O5S. The van der Waals surface area contributed by atoms with Crippen molar-refractivity contribution in [3.8, 4) is 11.5 Å². The van der Waals surface area contributed by atoms with E-state index in [9.17, 15) is 18.3 Å². The summed E-state index contributed by atoms with van der Waals surface area (Å²) in [5.41, 5.74) is 0.194. The number of unbranched alkanes of at least 4 members (excludes halogenated alkanes) is 1. The van der Waals surface area contributed by atoms with Crippen LogP contribution in [0.4, 0.5) is 11.4 Å². The Bertz CT molecular complexity index is 869. The van der Waals surface area contributed by atoms with E-state index in [1.165, 1.54) is 6.07 Å². The number of carbonyl (C=O) groups is 1. The first-order valence-corrected chi connectivity index (χ1v) is 9.53. The van der Waals surface area contributed by atoms with Gasteiger partial charge in [0.2, 0.25) is 0 Å². The van der Waals surface area contributed by atoms with Gasteiger partial charge >= 0.3 is 5.97 Å².